The van der Waals surface area contributed by atoms with Crippen LogP contribution in [-0.2, 0) is 0 Å². The zero-order chi connectivity index (χ0) is 12.5. The molecule has 0 bridgehead atoms. The van der Waals surface area contributed by atoms with Crippen molar-refractivity contribution in [2.75, 3.05) is 6.61 Å². The standard InChI is InChI=1S/C10H7F3N2O2/c11-10(12,13)5-17-8-2-1-6-9(15-8)7(16)3-4-14-6/h1-4H,5H2,(H,14,16). The number of nitrogens with one attached hydrogen (secondary N) is 1. The smallest absolute Gasteiger partial charge is 0.422 e. The summed E-state index contributed by atoms with van der Waals surface area (Å²) in [6.45, 7) is -1.43. The summed E-state index contributed by atoms with van der Waals surface area (Å²) in [5.74, 6) is -0.230. The first-order valence-electron chi connectivity index (χ1n) is 4.64. The Bertz CT molecular complexity index is 592. The van der Waals surface area contributed by atoms with E-state index >= 15 is 0 Å². The van der Waals surface area contributed by atoms with Crippen molar-refractivity contribution in [3.05, 3.63) is 34.6 Å². The molecule has 0 radical (unpaired) electrons. The van der Waals surface area contributed by atoms with Crippen molar-refractivity contribution in [1.29, 1.82) is 0 Å². The van der Waals surface area contributed by atoms with Crippen molar-refractivity contribution in [2.45, 2.75) is 6.18 Å². The van der Waals surface area contributed by atoms with Crippen LogP contribution in [0.15, 0.2) is 29.2 Å². The van der Waals surface area contributed by atoms with Crippen molar-refractivity contribution in [3.8, 4) is 5.88 Å². The fourth-order valence-corrected chi connectivity index (χ4v) is 1.27. The predicted octanol–water partition coefficient (Wildman–Crippen LogP) is 1.86. The Morgan fingerprint density at radius 2 is 2.06 bits per heavy atom. The number of H-pyrrole nitrogens is 1. The predicted molar refractivity (Wildman–Crippen MR) is 53.9 cm³/mol. The number of ether oxygens (including phenoxy) is 1. The Hall–Kier alpha value is -2.05. The highest BCUT2D eigenvalue weighted by Gasteiger charge is 2.28. The van der Waals surface area contributed by atoms with E-state index in [1.165, 1.54) is 24.4 Å². The molecule has 2 heterocycles. The van der Waals surface area contributed by atoms with Gasteiger partial charge in [0.1, 0.15) is 5.52 Å². The monoisotopic (exact) mass is 244 g/mol. The third kappa shape index (κ3) is 2.74. The van der Waals surface area contributed by atoms with Crippen LogP contribution in [0.3, 0.4) is 0 Å². The molecule has 2 aromatic heterocycles. The fourth-order valence-electron chi connectivity index (χ4n) is 1.27. The van der Waals surface area contributed by atoms with Crippen LogP contribution >= 0.6 is 0 Å². The van der Waals surface area contributed by atoms with Crippen LogP contribution in [0.1, 0.15) is 0 Å². The van der Waals surface area contributed by atoms with Gasteiger partial charge in [-0.3, -0.25) is 4.79 Å². The number of hydrogen-bond acceptors (Lipinski definition) is 3. The second-order valence-electron chi connectivity index (χ2n) is 3.29. The van der Waals surface area contributed by atoms with E-state index in [0.717, 1.165) is 0 Å². The van der Waals surface area contributed by atoms with Gasteiger partial charge in [-0.15, -0.1) is 0 Å². The molecule has 0 atom stereocenters. The number of aromatic amines is 1. The molecule has 0 fully saturated rings. The van der Waals surface area contributed by atoms with Crippen molar-refractivity contribution < 1.29 is 17.9 Å². The van der Waals surface area contributed by atoms with Gasteiger partial charge in [0, 0.05) is 18.3 Å². The summed E-state index contributed by atoms with van der Waals surface area (Å²) in [6.07, 6.45) is -3.00. The number of hydrogen-bond donors (Lipinski definition) is 1. The van der Waals surface area contributed by atoms with Gasteiger partial charge >= 0.3 is 6.18 Å². The van der Waals surface area contributed by atoms with Gasteiger partial charge in [0.15, 0.2) is 6.61 Å². The zero-order valence-electron chi connectivity index (χ0n) is 8.41. The molecule has 0 unspecified atom stereocenters. The van der Waals surface area contributed by atoms with E-state index in [-0.39, 0.29) is 16.8 Å². The molecule has 0 saturated heterocycles. The van der Waals surface area contributed by atoms with E-state index in [1.54, 1.807) is 0 Å². The Labute approximate surface area is 93.1 Å². The van der Waals surface area contributed by atoms with Gasteiger partial charge in [0.2, 0.25) is 11.3 Å². The second kappa shape index (κ2) is 4.08. The van der Waals surface area contributed by atoms with E-state index in [9.17, 15) is 18.0 Å². The minimum atomic E-state index is -4.43. The first kappa shape index (κ1) is 11.4. The van der Waals surface area contributed by atoms with Gasteiger partial charge in [0.25, 0.3) is 0 Å². The highest BCUT2D eigenvalue weighted by molar-refractivity contribution is 5.73. The number of rotatable bonds is 2. The van der Waals surface area contributed by atoms with E-state index in [2.05, 4.69) is 14.7 Å². The number of aromatic nitrogens is 2. The Kier molecular flexibility index (Phi) is 2.74. The van der Waals surface area contributed by atoms with E-state index in [4.69, 9.17) is 0 Å². The van der Waals surface area contributed by atoms with E-state index in [0.29, 0.717) is 5.52 Å². The Morgan fingerprint density at radius 1 is 1.29 bits per heavy atom. The van der Waals surface area contributed by atoms with Crippen LogP contribution in [0, 0.1) is 0 Å². The first-order valence-corrected chi connectivity index (χ1v) is 4.64. The molecule has 0 aromatic carbocycles. The Morgan fingerprint density at radius 3 is 2.76 bits per heavy atom. The van der Waals surface area contributed by atoms with Crippen LogP contribution in [0.5, 0.6) is 5.88 Å². The summed E-state index contributed by atoms with van der Waals surface area (Å²) in [5, 5.41) is 0. The van der Waals surface area contributed by atoms with Crippen molar-refractivity contribution in [2.24, 2.45) is 0 Å². The molecule has 2 aromatic rings. The molecule has 2 rings (SSSR count). The van der Waals surface area contributed by atoms with Crippen LogP contribution < -0.4 is 10.2 Å². The minimum absolute atomic E-state index is 0.0483. The summed E-state index contributed by atoms with van der Waals surface area (Å²) < 4.78 is 40.2. The van der Waals surface area contributed by atoms with Crippen molar-refractivity contribution in [1.82, 2.24) is 9.97 Å². The molecule has 0 aliphatic rings. The van der Waals surface area contributed by atoms with Gasteiger partial charge in [-0.2, -0.15) is 13.2 Å². The van der Waals surface area contributed by atoms with Gasteiger partial charge < -0.3 is 9.72 Å². The van der Waals surface area contributed by atoms with Crippen molar-refractivity contribution in [3.63, 3.8) is 0 Å². The Balaban J connectivity index is 2.32. The molecule has 0 aliphatic heterocycles. The normalized spacial score (nSPS) is 11.7. The molecule has 7 heteroatoms. The lowest BCUT2D eigenvalue weighted by molar-refractivity contribution is -0.154. The van der Waals surface area contributed by atoms with Crippen molar-refractivity contribution >= 4 is 11.0 Å². The molecule has 90 valence electrons. The van der Waals surface area contributed by atoms with Crippen LogP contribution in [-0.4, -0.2) is 22.8 Å². The summed E-state index contributed by atoms with van der Waals surface area (Å²) in [4.78, 5) is 17.8. The maximum Gasteiger partial charge on any atom is 0.422 e. The highest BCUT2D eigenvalue weighted by Crippen LogP contribution is 2.18. The van der Waals surface area contributed by atoms with Gasteiger partial charge in [-0.05, 0) is 6.07 Å². The van der Waals surface area contributed by atoms with Gasteiger partial charge in [-0.25, -0.2) is 4.98 Å². The average molecular weight is 244 g/mol. The molecule has 0 amide bonds. The van der Waals surface area contributed by atoms with Crippen LogP contribution in [0.2, 0.25) is 0 Å². The minimum Gasteiger partial charge on any atom is -0.468 e. The molecule has 1 N–H and O–H groups in total. The zero-order valence-corrected chi connectivity index (χ0v) is 8.41. The molecule has 0 aliphatic carbocycles. The lowest BCUT2D eigenvalue weighted by Crippen LogP contribution is -2.19. The third-order valence-corrected chi connectivity index (χ3v) is 1.96. The molecule has 17 heavy (non-hydrogen) atoms. The topological polar surface area (TPSA) is 55.0 Å². The van der Waals surface area contributed by atoms with Gasteiger partial charge in [-0.1, -0.05) is 0 Å². The second-order valence-corrected chi connectivity index (χ2v) is 3.29. The third-order valence-electron chi connectivity index (χ3n) is 1.96. The lowest BCUT2D eigenvalue weighted by atomic mass is 10.3. The van der Waals surface area contributed by atoms with Crippen LogP contribution in [0.25, 0.3) is 11.0 Å². The molecule has 0 spiro atoms. The van der Waals surface area contributed by atoms with E-state index in [1.807, 2.05) is 0 Å². The maximum absolute atomic E-state index is 11.9. The summed E-state index contributed by atoms with van der Waals surface area (Å²) in [7, 11) is 0. The first-order chi connectivity index (χ1) is 7.96. The number of fused-ring (bicyclic) bond motifs is 1. The van der Waals surface area contributed by atoms with E-state index < -0.39 is 12.8 Å². The quantitative estimate of drug-likeness (QED) is 0.877. The summed E-state index contributed by atoms with van der Waals surface area (Å²) in [6, 6.07) is 3.95. The fraction of sp³-hybridized carbons (Fsp3) is 0.200. The summed E-state index contributed by atoms with van der Waals surface area (Å²) >= 11 is 0. The number of alkyl halides is 3. The average Bonchev–Trinajstić information content (AvgIpc) is 2.26. The molecular formula is C10H7F3N2O2. The molecule has 0 saturated carbocycles. The highest BCUT2D eigenvalue weighted by atomic mass is 19.4. The van der Waals surface area contributed by atoms with Crippen LogP contribution in [0.4, 0.5) is 13.2 Å². The number of nitrogens with zero attached hydrogens (tertiary/aromatic N) is 1. The number of halogens is 3. The maximum atomic E-state index is 11.9. The molecular weight excluding hydrogens is 237 g/mol. The number of pyridine rings is 2. The molecule has 4 nitrogen and oxygen atoms in total. The lowest BCUT2D eigenvalue weighted by Gasteiger charge is -2.08. The van der Waals surface area contributed by atoms with Gasteiger partial charge in [0.05, 0.1) is 5.52 Å². The summed E-state index contributed by atoms with van der Waals surface area (Å²) in [5.41, 5.74) is 0.111. The largest absolute Gasteiger partial charge is 0.468 e. The SMILES string of the molecule is O=c1cc[nH]c2ccc(OCC(F)(F)F)nc12.